The second-order valence-corrected chi connectivity index (χ2v) is 32.4. The Balaban J connectivity index is 0.000000122. The summed E-state index contributed by atoms with van der Waals surface area (Å²) in [5.41, 5.74) is 13.3. The van der Waals surface area contributed by atoms with E-state index in [4.69, 9.17) is 44.6 Å². The molecule has 644 valence electrons. The van der Waals surface area contributed by atoms with Crippen molar-refractivity contribution >= 4 is 162 Å². The third-order valence-corrected chi connectivity index (χ3v) is 22.9. The molecule has 25 nitrogen and oxygen atoms in total. The number of likely N-dealkylation sites (tertiary alicyclic amines) is 1. The number of halogens is 6. The highest BCUT2D eigenvalue weighted by atomic mass is 35.5. The molecule has 7 aliphatic rings. The molecular formula is C94H87Cl3F3N17O8S. The monoisotopic (exact) mass is 1780 g/mol. The standard InChI is InChI=1S/C21H23ClN4O.C20H20ClN3O2.C19H19ClN4O.C19H13F3N4OS.C15H12N2O3/c1-15-4-5-16-14-19(21(27)23-10-13-25-11-2-3-12-25)24-20(16)26(15)18-8-6-17(22)7-9-18;1-13-4-5-14-11-18(20(25)22-12-17-3-2-10-26-17)23-19(14)24(13)16-8-6-15(21)7-9-16;1-13-2-3-14-12-17(19(25)23-10-8-21-9-11-23)22-18(14)24(13)16-6-4-15(20)5-7-16;1-11-2-3-12-10-15(17(27)25-18-23-8-9-28-18)24-16(12)26(11)14-6-4-13(5-7-14)19(20,21)22;1-9-3-2-4-11(7-9)17-13(18)6-5-10-8-12(15(19)20)16-14(10)17/h4-9,14,24H,1-3,10-13H2,(H,23,27);4-9,11,17,23H,1-3,10,12H2,(H,22,25);2-7,12,21-22H,1,8-11H2;2-10,24H,1H2,(H,23,25,27);2-8,16H,1H3,(H,19,20). The Labute approximate surface area is 741 Å². The number of aryl methyl sites for hydroxylation is 1. The van der Waals surface area contributed by atoms with E-state index in [9.17, 15) is 41.9 Å². The molecule has 12 aromatic rings. The number of rotatable bonds is 16. The number of amides is 4. The summed E-state index contributed by atoms with van der Waals surface area (Å²) >= 11 is 19.3. The van der Waals surface area contributed by atoms with E-state index in [0.717, 1.165) is 157 Å². The van der Waals surface area contributed by atoms with Crippen LogP contribution >= 0.6 is 46.1 Å². The highest BCUT2D eigenvalue weighted by Gasteiger charge is 2.33. The van der Waals surface area contributed by atoms with Crippen molar-refractivity contribution in [1.82, 2.24) is 60.2 Å². The summed E-state index contributed by atoms with van der Waals surface area (Å²) in [7, 11) is 0. The molecule has 7 aromatic heterocycles. The third-order valence-electron chi connectivity index (χ3n) is 21.5. The van der Waals surface area contributed by atoms with Crippen LogP contribution in [0, 0.1) is 6.92 Å². The molecule has 5 aromatic carbocycles. The first-order chi connectivity index (χ1) is 60.7. The number of alkyl halides is 3. The van der Waals surface area contributed by atoms with Gasteiger partial charge in [-0.25, -0.2) is 9.78 Å². The lowest BCUT2D eigenvalue weighted by molar-refractivity contribution is -0.137. The number of aromatic nitrogens is 7. The number of hydrogen-bond donors (Lipinski definition) is 10. The minimum Gasteiger partial charge on any atom is -0.477 e. The van der Waals surface area contributed by atoms with Gasteiger partial charge in [-0.1, -0.05) is 73.3 Å². The van der Waals surface area contributed by atoms with E-state index in [1.54, 1.807) is 40.8 Å². The maximum absolute atomic E-state index is 12.8. The molecule has 0 radical (unpaired) electrons. The van der Waals surface area contributed by atoms with Crippen LogP contribution in [-0.4, -0.2) is 151 Å². The van der Waals surface area contributed by atoms with Crippen LogP contribution in [0.15, 0.2) is 254 Å². The van der Waals surface area contributed by atoms with Crippen LogP contribution < -0.4 is 46.4 Å². The SMILES string of the molecule is C=C1C=Cc2cc(C(=O)N3CCNCC3)[nH]c2N1c1ccc(Cl)cc1.C=C1C=Cc2cc(C(=O)NCC3CCCO3)[nH]c2N1c1ccc(Cl)cc1.C=C1C=Cc2cc(C(=O)NCCN3CCCC3)[nH]c2N1c1ccc(Cl)cc1.C=C1C=Cc2cc(C(=O)Nc3nccs3)[nH]c2N1c1ccc(C(F)(F)F)cc1.Cc1cccc(-n2c(=O)ccc3cc(C(=O)O)[nH]c32)c1. The minimum atomic E-state index is -4.41. The van der Waals surface area contributed by atoms with Crippen molar-refractivity contribution in [1.29, 1.82) is 0 Å². The predicted octanol–water partition coefficient (Wildman–Crippen LogP) is 19.6. The van der Waals surface area contributed by atoms with Crippen molar-refractivity contribution in [2.24, 2.45) is 0 Å². The molecule has 7 aliphatic heterocycles. The van der Waals surface area contributed by atoms with Crippen LogP contribution in [-0.2, 0) is 10.9 Å². The second-order valence-electron chi connectivity index (χ2n) is 30.2. The van der Waals surface area contributed by atoms with Crippen LogP contribution in [0.4, 0.5) is 64.3 Å². The number of allylic oxidation sites excluding steroid dienone is 4. The molecule has 0 saturated carbocycles. The van der Waals surface area contributed by atoms with Crippen molar-refractivity contribution in [2.75, 3.05) is 90.4 Å². The number of piperazine rings is 1. The Morgan fingerprint density at radius 2 is 1.01 bits per heavy atom. The number of carbonyl (C=O) groups is 5. The fourth-order valence-electron chi connectivity index (χ4n) is 15.2. The fourth-order valence-corrected chi connectivity index (χ4v) is 16.1. The van der Waals surface area contributed by atoms with Crippen molar-refractivity contribution in [2.45, 2.75) is 44.9 Å². The first kappa shape index (κ1) is 87.3. The number of anilines is 9. The Morgan fingerprint density at radius 1 is 0.540 bits per heavy atom. The minimum absolute atomic E-state index is 0.0333. The van der Waals surface area contributed by atoms with Crippen LogP contribution in [0.3, 0.4) is 0 Å². The summed E-state index contributed by atoms with van der Waals surface area (Å²) in [6.45, 7) is 26.5. The number of carboxylic acids is 1. The molecule has 1 unspecified atom stereocenters. The normalized spacial score (nSPS) is 15.5. The van der Waals surface area contributed by atoms with Gasteiger partial charge in [0, 0.05) is 158 Å². The molecule has 3 fully saturated rings. The molecule has 126 heavy (non-hydrogen) atoms. The van der Waals surface area contributed by atoms with Crippen LogP contribution in [0.5, 0.6) is 0 Å². The number of thiazole rings is 1. The topological polar surface area (TPSA) is 296 Å². The maximum atomic E-state index is 12.8. The van der Waals surface area contributed by atoms with Gasteiger partial charge in [-0.15, -0.1) is 11.3 Å². The summed E-state index contributed by atoms with van der Waals surface area (Å²) in [6.07, 6.45) is 17.1. The predicted molar refractivity (Wildman–Crippen MR) is 494 cm³/mol. The number of carbonyl (C=O) groups excluding carboxylic acids is 4. The molecule has 10 N–H and O–H groups in total. The number of pyridine rings is 1. The zero-order valence-corrected chi connectivity index (χ0v) is 71.3. The average Bonchev–Trinajstić information content (AvgIpc) is 1.67. The largest absolute Gasteiger partial charge is 0.477 e. The molecular weight excluding hydrogens is 1690 g/mol. The molecule has 4 amide bonds. The van der Waals surface area contributed by atoms with E-state index < -0.39 is 17.7 Å². The third kappa shape index (κ3) is 20.2. The summed E-state index contributed by atoms with van der Waals surface area (Å²) in [6, 6.07) is 46.8. The quantitative estimate of drug-likeness (QED) is 0.0430. The van der Waals surface area contributed by atoms with Gasteiger partial charge in [0.25, 0.3) is 29.2 Å². The zero-order chi connectivity index (χ0) is 88.5. The maximum Gasteiger partial charge on any atom is 0.416 e. The fraction of sp³-hybridized carbons (Fsp3) is 0.181. The molecule has 14 heterocycles. The van der Waals surface area contributed by atoms with E-state index in [-0.39, 0.29) is 41.0 Å². The lowest BCUT2D eigenvalue weighted by atomic mass is 10.1. The van der Waals surface area contributed by atoms with Crippen LogP contribution in [0.25, 0.3) is 41.0 Å². The smallest absolute Gasteiger partial charge is 0.416 e. The molecule has 0 bridgehead atoms. The number of hydrogen-bond acceptors (Lipinski definition) is 15. The Kier molecular flexibility index (Phi) is 26.8. The number of aromatic carboxylic acids is 1. The van der Waals surface area contributed by atoms with Gasteiger partial charge in [0.1, 0.15) is 57.4 Å². The highest BCUT2D eigenvalue weighted by molar-refractivity contribution is 7.13. The number of nitrogens with one attached hydrogen (secondary N) is 9. The molecule has 0 spiro atoms. The number of H-pyrrole nitrogens is 5. The van der Waals surface area contributed by atoms with E-state index in [2.05, 4.69) is 82.4 Å². The molecule has 32 heteroatoms. The van der Waals surface area contributed by atoms with E-state index in [1.807, 2.05) is 178 Å². The van der Waals surface area contributed by atoms with Gasteiger partial charge in [-0.05, 0) is 245 Å². The van der Waals surface area contributed by atoms with Crippen LogP contribution in [0.1, 0.15) is 112 Å². The van der Waals surface area contributed by atoms with Gasteiger partial charge in [0.2, 0.25) is 0 Å². The summed E-state index contributed by atoms with van der Waals surface area (Å²) in [5.74, 6) is 1.47. The number of aromatic amines is 5. The molecule has 1 atom stereocenters. The number of carboxylic acid groups (broad SMARTS) is 1. The highest BCUT2D eigenvalue weighted by Crippen LogP contribution is 2.43. The van der Waals surface area contributed by atoms with Crippen LogP contribution in [0.2, 0.25) is 15.1 Å². The molecule has 0 aliphatic carbocycles. The Morgan fingerprint density at radius 3 is 1.46 bits per heavy atom. The van der Waals surface area contributed by atoms with Crippen molar-refractivity contribution in [3.05, 3.63) is 336 Å². The van der Waals surface area contributed by atoms with Crippen molar-refractivity contribution in [3.8, 4) is 5.69 Å². The van der Waals surface area contributed by atoms with Crippen molar-refractivity contribution < 1.29 is 47.0 Å². The second kappa shape index (κ2) is 38.6. The lowest BCUT2D eigenvalue weighted by Gasteiger charge is -2.28. The summed E-state index contributed by atoms with van der Waals surface area (Å²) in [4.78, 5) is 105. The lowest BCUT2D eigenvalue weighted by Crippen LogP contribution is -2.46. The molecule has 19 rings (SSSR count). The number of fused-ring (bicyclic) bond motifs is 5. The van der Waals surface area contributed by atoms with Gasteiger partial charge in [0.15, 0.2) is 5.13 Å². The Hall–Kier alpha value is -13.7. The number of benzene rings is 5. The first-order valence-corrected chi connectivity index (χ1v) is 42.5. The average molecular weight is 1780 g/mol. The van der Waals surface area contributed by atoms with E-state index in [1.165, 1.54) is 53.0 Å². The van der Waals surface area contributed by atoms with Gasteiger partial charge in [0.05, 0.1) is 17.4 Å². The zero-order valence-electron chi connectivity index (χ0n) is 68.2. The summed E-state index contributed by atoms with van der Waals surface area (Å²) < 4.78 is 45.5. The van der Waals surface area contributed by atoms with Gasteiger partial charge in [-0.3, -0.25) is 53.5 Å². The van der Waals surface area contributed by atoms with E-state index >= 15 is 0 Å². The number of nitrogens with zero attached hydrogens (tertiary/aromatic N) is 8. The number of ether oxygens (including phenoxy) is 1. The molecule has 3 saturated heterocycles. The Bertz CT molecular complexity index is 6300. The van der Waals surface area contributed by atoms with Gasteiger partial charge >= 0.3 is 12.1 Å². The van der Waals surface area contributed by atoms with Gasteiger partial charge < -0.3 is 60.5 Å². The van der Waals surface area contributed by atoms with E-state index in [0.29, 0.717) is 90.0 Å². The van der Waals surface area contributed by atoms with Crippen molar-refractivity contribution in [3.63, 3.8) is 0 Å². The summed E-state index contributed by atoms with van der Waals surface area (Å²) in [5, 5.41) is 25.9. The first-order valence-electron chi connectivity index (χ1n) is 40.5. The van der Waals surface area contributed by atoms with Gasteiger partial charge in [-0.2, -0.15) is 13.2 Å².